The standard InChI is InChI=1S/C20H24ClNO3/c1-3-4-16-5-9-18(10-6-16)24-14-13-22-20(23)15(2)25-19-11-7-17(21)8-12-19/h5-12,15H,3-4,13-14H2,1-2H3,(H,22,23)/t15-/m1/s1. The largest absolute Gasteiger partial charge is 0.492 e. The van der Waals surface area contributed by atoms with E-state index in [1.54, 1.807) is 31.2 Å². The van der Waals surface area contributed by atoms with E-state index in [0.29, 0.717) is 23.9 Å². The Morgan fingerprint density at radius 3 is 2.36 bits per heavy atom. The molecule has 0 spiro atoms. The Morgan fingerprint density at radius 2 is 1.72 bits per heavy atom. The molecule has 2 rings (SSSR count). The number of carbonyl (C=O) groups is 1. The van der Waals surface area contributed by atoms with Crippen LogP contribution in [0.4, 0.5) is 0 Å². The number of halogens is 1. The molecule has 0 unspecified atom stereocenters. The fourth-order valence-corrected chi connectivity index (χ4v) is 2.42. The highest BCUT2D eigenvalue weighted by atomic mass is 35.5. The van der Waals surface area contributed by atoms with Gasteiger partial charge in [-0.15, -0.1) is 0 Å². The molecular weight excluding hydrogens is 338 g/mol. The van der Waals surface area contributed by atoms with Crippen LogP contribution in [0.15, 0.2) is 48.5 Å². The van der Waals surface area contributed by atoms with E-state index < -0.39 is 6.10 Å². The van der Waals surface area contributed by atoms with Gasteiger partial charge in [-0.3, -0.25) is 4.79 Å². The number of nitrogens with one attached hydrogen (secondary N) is 1. The summed E-state index contributed by atoms with van der Waals surface area (Å²) in [4.78, 5) is 12.0. The molecule has 134 valence electrons. The third-order valence-corrected chi connectivity index (χ3v) is 3.88. The maximum atomic E-state index is 12.0. The Kier molecular flexibility index (Phi) is 7.61. The molecule has 4 nitrogen and oxygen atoms in total. The van der Waals surface area contributed by atoms with Gasteiger partial charge in [-0.1, -0.05) is 37.1 Å². The lowest BCUT2D eigenvalue weighted by Crippen LogP contribution is -2.38. The fourth-order valence-electron chi connectivity index (χ4n) is 2.30. The Balaban J connectivity index is 1.68. The van der Waals surface area contributed by atoms with E-state index in [4.69, 9.17) is 21.1 Å². The Bertz CT molecular complexity index is 656. The van der Waals surface area contributed by atoms with Gasteiger partial charge in [0, 0.05) is 5.02 Å². The summed E-state index contributed by atoms with van der Waals surface area (Å²) in [7, 11) is 0. The van der Waals surface area contributed by atoms with Gasteiger partial charge < -0.3 is 14.8 Å². The third kappa shape index (κ3) is 6.67. The topological polar surface area (TPSA) is 47.6 Å². The first-order valence-corrected chi connectivity index (χ1v) is 8.88. The molecule has 0 saturated heterocycles. The monoisotopic (exact) mass is 361 g/mol. The van der Waals surface area contributed by atoms with Gasteiger partial charge in [-0.25, -0.2) is 0 Å². The third-order valence-electron chi connectivity index (χ3n) is 3.63. The number of carbonyl (C=O) groups excluding carboxylic acids is 1. The SMILES string of the molecule is CCCc1ccc(OCCNC(=O)[C@@H](C)Oc2ccc(Cl)cc2)cc1. The van der Waals surface area contributed by atoms with Crippen LogP contribution in [-0.2, 0) is 11.2 Å². The van der Waals surface area contributed by atoms with Gasteiger partial charge in [0.05, 0.1) is 6.54 Å². The maximum Gasteiger partial charge on any atom is 0.260 e. The first-order chi connectivity index (χ1) is 12.1. The molecule has 5 heteroatoms. The predicted molar refractivity (Wildman–Crippen MR) is 100 cm³/mol. The molecule has 0 aliphatic rings. The lowest BCUT2D eigenvalue weighted by Gasteiger charge is -2.15. The number of ether oxygens (including phenoxy) is 2. The minimum atomic E-state index is -0.588. The maximum absolute atomic E-state index is 12.0. The lowest BCUT2D eigenvalue weighted by atomic mass is 10.1. The average molecular weight is 362 g/mol. The zero-order valence-electron chi connectivity index (χ0n) is 14.6. The van der Waals surface area contributed by atoms with Crippen molar-refractivity contribution >= 4 is 17.5 Å². The van der Waals surface area contributed by atoms with Gasteiger partial charge in [-0.05, 0) is 55.3 Å². The van der Waals surface area contributed by atoms with Gasteiger partial charge in [0.1, 0.15) is 18.1 Å². The highest BCUT2D eigenvalue weighted by molar-refractivity contribution is 6.30. The quantitative estimate of drug-likeness (QED) is 0.679. The van der Waals surface area contributed by atoms with Crippen LogP contribution in [0.2, 0.25) is 5.02 Å². The Labute approximate surface area is 154 Å². The number of amides is 1. The van der Waals surface area contributed by atoms with Crippen molar-refractivity contribution in [1.29, 1.82) is 0 Å². The van der Waals surface area contributed by atoms with Gasteiger partial charge in [0.25, 0.3) is 5.91 Å². The molecule has 0 aliphatic carbocycles. The van der Waals surface area contributed by atoms with Crippen molar-refractivity contribution in [3.8, 4) is 11.5 Å². The zero-order chi connectivity index (χ0) is 18.1. The smallest absolute Gasteiger partial charge is 0.260 e. The summed E-state index contributed by atoms with van der Waals surface area (Å²) in [6.45, 7) is 4.69. The van der Waals surface area contributed by atoms with Gasteiger partial charge in [-0.2, -0.15) is 0 Å². The number of aryl methyl sites for hydroxylation is 1. The molecule has 0 aromatic heterocycles. The van der Waals surface area contributed by atoms with E-state index in [-0.39, 0.29) is 5.91 Å². The highest BCUT2D eigenvalue weighted by Crippen LogP contribution is 2.17. The summed E-state index contributed by atoms with van der Waals surface area (Å²) in [5, 5.41) is 3.43. The second-order valence-electron chi connectivity index (χ2n) is 5.75. The average Bonchev–Trinajstić information content (AvgIpc) is 2.62. The highest BCUT2D eigenvalue weighted by Gasteiger charge is 2.13. The van der Waals surface area contributed by atoms with Crippen molar-refractivity contribution in [2.24, 2.45) is 0 Å². The molecule has 1 atom stereocenters. The van der Waals surface area contributed by atoms with Crippen molar-refractivity contribution in [1.82, 2.24) is 5.32 Å². The first-order valence-electron chi connectivity index (χ1n) is 8.50. The van der Waals surface area contributed by atoms with Crippen LogP contribution in [0.5, 0.6) is 11.5 Å². The van der Waals surface area contributed by atoms with E-state index in [1.807, 2.05) is 12.1 Å². The minimum Gasteiger partial charge on any atom is -0.492 e. The molecular formula is C20H24ClNO3. The van der Waals surface area contributed by atoms with E-state index in [9.17, 15) is 4.79 Å². The van der Waals surface area contributed by atoms with E-state index in [2.05, 4.69) is 24.4 Å². The zero-order valence-corrected chi connectivity index (χ0v) is 15.4. The van der Waals surface area contributed by atoms with Crippen LogP contribution in [0.1, 0.15) is 25.8 Å². The molecule has 0 heterocycles. The molecule has 0 saturated carbocycles. The number of rotatable bonds is 9. The summed E-state index contributed by atoms with van der Waals surface area (Å²) < 4.78 is 11.2. The summed E-state index contributed by atoms with van der Waals surface area (Å²) in [6.07, 6.45) is 1.61. The summed E-state index contributed by atoms with van der Waals surface area (Å²) in [5.41, 5.74) is 1.30. The second-order valence-corrected chi connectivity index (χ2v) is 6.18. The number of benzene rings is 2. The van der Waals surface area contributed by atoms with Crippen molar-refractivity contribution in [2.75, 3.05) is 13.2 Å². The summed E-state index contributed by atoms with van der Waals surface area (Å²) in [6, 6.07) is 15.0. The van der Waals surface area contributed by atoms with Gasteiger partial charge >= 0.3 is 0 Å². The molecule has 0 bridgehead atoms. The Hall–Kier alpha value is -2.20. The van der Waals surface area contributed by atoms with Gasteiger partial charge in [0.15, 0.2) is 6.10 Å². The summed E-state index contributed by atoms with van der Waals surface area (Å²) >= 11 is 5.82. The fraction of sp³-hybridized carbons (Fsp3) is 0.350. The molecule has 2 aromatic carbocycles. The molecule has 0 fully saturated rings. The first kappa shape index (κ1) is 19.1. The van der Waals surface area contributed by atoms with Crippen molar-refractivity contribution in [3.05, 3.63) is 59.1 Å². The lowest BCUT2D eigenvalue weighted by molar-refractivity contribution is -0.127. The molecule has 2 aromatic rings. The normalized spacial score (nSPS) is 11.6. The molecule has 0 aliphatic heterocycles. The number of hydrogen-bond donors (Lipinski definition) is 1. The van der Waals surface area contributed by atoms with Crippen molar-refractivity contribution < 1.29 is 14.3 Å². The van der Waals surface area contributed by atoms with Gasteiger partial charge in [0.2, 0.25) is 0 Å². The Morgan fingerprint density at radius 1 is 1.08 bits per heavy atom. The van der Waals surface area contributed by atoms with Crippen molar-refractivity contribution in [3.63, 3.8) is 0 Å². The molecule has 25 heavy (non-hydrogen) atoms. The van der Waals surface area contributed by atoms with Crippen LogP contribution < -0.4 is 14.8 Å². The van der Waals surface area contributed by atoms with Crippen LogP contribution in [-0.4, -0.2) is 25.2 Å². The van der Waals surface area contributed by atoms with E-state index in [0.717, 1.165) is 18.6 Å². The van der Waals surface area contributed by atoms with E-state index in [1.165, 1.54) is 5.56 Å². The molecule has 1 amide bonds. The van der Waals surface area contributed by atoms with Crippen LogP contribution in [0.25, 0.3) is 0 Å². The minimum absolute atomic E-state index is 0.183. The van der Waals surface area contributed by atoms with Crippen LogP contribution >= 0.6 is 11.6 Å². The second kappa shape index (κ2) is 9.94. The number of hydrogen-bond acceptors (Lipinski definition) is 3. The van der Waals surface area contributed by atoms with Crippen LogP contribution in [0, 0.1) is 0 Å². The molecule has 0 radical (unpaired) electrons. The van der Waals surface area contributed by atoms with Crippen LogP contribution in [0.3, 0.4) is 0 Å². The predicted octanol–water partition coefficient (Wildman–Crippen LogP) is 4.26. The van der Waals surface area contributed by atoms with Crippen molar-refractivity contribution in [2.45, 2.75) is 32.8 Å². The molecule has 1 N–H and O–H groups in total. The summed E-state index contributed by atoms with van der Waals surface area (Å²) in [5.74, 6) is 1.23. The van der Waals surface area contributed by atoms with E-state index >= 15 is 0 Å².